The summed E-state index contributed by atoms with van der Waals surface area (Å²) in [7, 11) is -3.75. The van der Waals surface area contributed by atoms with Crippen LogP contribution in [0.1, 0.15) is 0 Å². The van der Waals surface area contributed by atoms with E-state index >= 15 is 0 Å². The van der Waals surface area contributed by atoms with Crippen molar-refractivity contribution < 1.29 is 13.2 Å². The van der Waals surface area contributed by atoms with Gasteiger partial charge in [-0.05, 0) is 47.2 Å². The number of piperazine rings is 1. The van der Waals surface area contributed by atoms with Crippen LogP contribution in [0.4, 0.5) is 11.4 Å². The van der Waals surface area contributed by atoms with E-state index in [1.165, 1.54) is 0 Å². The third-order valence-corrected chi connectivity index (χ3v) is 7.22. The predicted molar refractivity (Wildman–Crippen MR) is 129 cm³/mol. The van der Waals surface area contributed by atoms with Crippen LogP contribution in [0.5, 0.6) is 0 Å². The van der Waals surface area contributed by atoms with Gasteiger partial charge in [0.25, 0.3) is 0 Å². The Kier molecular flexibility index (Phi) is 6.45. The minimum absolute atomic E-state index is 0.144. The lowest BCUT2D eigenvalue weighted by atomic mass is 10.1. The summed E-state index contributed by atoms with van der Waals surface area (Å²) >= 11 is 0. The summed E-state index contributed by atoms with van der Waals surface area (Å²) in [5.41, 5.74) is 1.63. The summed E-state index contributed by atoms with van der Waals surface area (Å²) in [6.45, 7) is 4.26. The topological polar surface area (TPSA) is 69.7 Å². The molecule has 1 fully saturated rings. The van der Waals surface area contributed by atoms with E-state index in [4.69, 9.17) is 6.42 Å². The summed E-state index contributed by atoms with van der Waals surface area (Å²) in [5.74, 6) is 1.51. The molecule has 0 saturated carbocycles. The highest BCUT2D eigenvalue weighted by atomic mass is 32.2. The van der Waals surface area contributed by atoms with E-state index in [-0.39, 0.29) is 4.90 Å². The van der Waals surface area contributed by atoms with Gasteiger partial charge >= 0.3 is 0 Å². The Morgan fingerprint density at radius 3 is 2.31 bits per heavy atom. The fraction of sp³-hybridized carbons (Fsp3) is 0.240. The average molecular weight is 448 g/mol. The lowest BCUT2D eigenvalue weighted by Crippen LogP contribution is -2.46. The Hall–Kier alpha value is -3.34. The Morgan fingerprint density at radius 2 is 1.62 bits per heavy atom. The van der Waals surface area contributed by atoms with Crippen LogP contribution in [0.2, 0.25) is 0 Å². The minimum atomic E-state index is -3.75. The molecule has 1 saturated heterocycles. The number of carbonyl (C=O) groups is 1. The maximum absolute atomic E-state index is 12.7. The van der Waals surface area contributed by atoms with Crippen LogP contribution in [0, 0.1) is 12.3 Å². The van der Waals surface area contributed by atoms with Gasteiger partial charge < -0.3 is 10.2 Å². The number of carbonyl (C=O) groups excluding carboxylic acids is 1. The molecular formula is C25H25N3O3S. The first-order chi connectivity index (χ1) is 15.4. The van der Waals surface area contributed by atoms with E-state index in [1.54, 1.807) is 30.3 Å². The van der Waals surface area contributed by atoms with Crippen LogP contribution in [-0.4, -0.2) is 57.7 Å². The van der Waals surface area contributed by atoms with E-state index in [1.807, 2.05) is 36.4 Å². The van der Waals surface area contributed by atoms with Crippen LogP contribution in [0.25, 0.3) is 10.8 Å². The Morgan fingerprint density at radius 1 is 0.938 bits per heavy atom. The fourth-order valence-electron chi connectivity index (χ4n) is 3.86. The average Bonchev–Trinajstić information content (AvgIpc) is 2.79. The van der Waals surface area contributed by atoms with Gasteiger partial charge in [-0.15, -0.1) is 6.42 Å². The van der Waals surface area contributed by atoms with Crippen LogP contribution >= 0.6 is 0 Å². The molecule has 3 aromatic carbocycles. The number of amides is 1. The maximum atomic E-state index is 12.7. The smallest absolute Gasteiger partial charge is 0.239 e. The third-order valence-electron chi connectivity index (χ3n) is 5.60. The molecular weight excluding hydrogens is 422 g/mol. The fourth-order valence-corrected chi connectivity index (χ4v) is 5.03. The number of hydrogen-bond acceptors (Lipinski definition) is 5. The molecule has 1 amide bonds. The van der Waals surface area contributed by atoms with Gasteiger partial charge in [0.15, 0.2) is 9.84 Å². The largest absolute Gasteiger partial charge is 0.369 e. The van der Waals surface area contributed by atoms with Gasteiger partial charge in [-0.2, -0.15) is 0 Å². The summed E-state index contributed by atoms with van der Waals surface area (Å²) in [5, 5.41) is 4.47. The standard InChI is InChI=1S/C25H25N3O3S/c1-2-13-27-14-16-28(17-15-27)23-10-8-22(9-11-23)26-25(29)19-32(30,31)24-12-7-20-5-3-4-6-21(20)18-24/h1,3-12,18H,13-17,19H2,(H,26,29). The number of benzene rings is 3. The number of anilines is 2. The molecule has 0 aromatic heterocycles. The van der Waals surface area contributed by atoms with Crippen molar-refractivity contribution in [1.29, 1.82) is 0 Å². The zero-order valence-corrected chi connectivity index (χ0v) is 18.5. The van der Waals surface area contributed by atoms with Crippen molar-refractivity contribution >= 4 is 37.9 Å². The van der Waals surface area contributed by atoms with Gasteiger partial charge in [-0.3, -0.25) is 9.69 Å². The van der Waals surface area contributed by atoms with Gasteiger partial charge in [-0.1, -0.05) is 36.3 Å². The number of hydrogen-bond donors (Lipinski definition) is 1. The Bertz CT molecular complexity index is 1260. The molecule has 0 radical (unpaired) electrons. The molecule has 1 aliphatic heterocycles. The van der Waals surface area contributed by atoms with E-state index in [0.29, 0.717) is 12.2 Å². The summed E-state index contributed by atoms with van der Waals surface area (Å²) in [4.78, 5) is 17.1. The zero-order chi connectivity index (χ0) is 22.6. The molecule has 1 heterocycles. The highest BCUT2D eigenvalue weighted by Gasteiger charge is 2.20. The predicted octanol–water partition coefficient (Wildman–Crippen LogP) is 3.01. The van der Waals surface area contributed by atoms with Gasteiger partial charge in [0, 0.05) is 37.6 Å². The number of terminal acetylenes is 1. The maximum Gasteiger partial charge on any atom is 0.239 e. The molecule has 0 atom stereocenters. The molecule has 3 aromatic rings. The molecule has 0 unspecified atom stereocenters. The van der Waals surface area contributed by atoms with E-state index < -0.39 is 21.5 Å². The molecule has 4 rings (SSSR count). The molecule has 0 spiro atoms. The Balaban J connectivity index is 1.37. The number of rotatable bonds is 6. The van der Waals surface area contributed by atoms with Crippen molar-refractivity contribution in [3.05, 3.63) is 66.7 Å². The summed E-state index contributed by atoms with van der Waals surface area (Å²) < 4.78 is 25.5. The molecule has 0 bridgehead atoms. The minimum Gasteiger partial charge on any atom is -0.369 e. The molecule has 32 heavy (non-hydrogen) atoms. The van der Waals surface area contributed by atoms with Gasteiger partial charge in [0.1, 0.15) is 5.75 Å². The van der Waals surface area contributed by atoms with E-state index in [9.17, 15) is 13.2 Å². The number of fused-ring (bicyclic) bond motifs is 1. The van der Waals surface area contributed by atoms with Crippen molar-refractivity contribution in [3.63, 3.8) is 0 Å². The van der Waals surface area contributed by atoms with Crippen molar-refractivity contribution in [2.24, 2.45) is 0 Å². The first kappa shape index (κ1) is 21.9. The quantitative estimate of drug-likeness (QED) is 0.589. The highest BCUT2D eigenvalue weighted by Crippen LogP contribution is 2.22. The van der Waals surface area contributed by atoms with E-state index in [0.717, 1.165) is 42.6 Å². The lowest BCUT2D eigenvalue weighted by Gasteiger charge is -2.35. The van der Waals surface area contributed by atoms with Crippen LogP contribution in [0.15, 0.2) is 71.6 Å². The number of nitrogens with one attached hydrogen (secondary N) is 1. The van der Waals surface area contributed by atoms with Crippen molar-refractivity contribution in [2.45, 2.75) is 4.90 Å². The first-order valence-electron chi connectivity index (χ1n) is 10.5. The van der Waals surface area contributed by atoms with Gasteiger partial charge in [-0.25, -0.2) is 8.42 Å². The monoisotopic (exact) mass is 447 g/mol. The Labute approximate surface area is 188 Å². The molecule has 1 N–H and O–H groups in total. The summed E-state index contributed by atoms with van der Waals surface area (Å²) in [6, 6.07) is 19.9. The van der Waals surface area contributed by atoms with Crippen molar-refractivity contribution in [1.82, 2.24) is 4.90 Å². The van der Waals surface area contributed by atoms with Gasteiger partial charge in [0.2, 0.25) is 5.91 Å². The zero-order valence-electron chi connectivity index (χ0n) is 17.7. The summed E-state index contributed by atoms with van der Waals surface area (Å²) in [6.07, 6.45) is 5.38. The molecule has 0 aliphatic carbocycles. The van der Waals surface area contributed by atoms with Crippen LogP contribution in [-0.2, 0) is 14.6 Å². The SMILES string of the molecule is C#CCN1CCN(c2ccc(NC(=O)CS(=O)(=O)c3ccc4ccccc4c3)cc2)CC1. The number of sulfone groups is 1. The van der Waals surface area contributed by atoms with Crippen molar-refractivity contribution in [2.75, 3.05) is 48.7 Å². The highest BCUT2D eigenvalue weighted by molar-refractivity contribution is 7.92. The van der Waals surface area contributed by atoms with Crippen LogP contribution in [0.3, 0.4) is 0 Å². The molecule has 7 heteroatoms. The first-order valence-corrected chi connectivity index (χ1v) is 12.1. The van der Waals surface area contributed by atoms with E-state index in [2.05, 4.69) is 21.0 Å². The van der Waals surface area contributed by atoms with Crippen molar-refractivity contribution in [3.8, 4) is 12.3 Å². The normalized spacial score (nSPS) is 14.8. The van der Waals surface area contributed by atoms with Gasteiger partial charge in [0.05, 0.1) is 11.4 Å². The number of nitrogens with zero attached hydrogens (tertiary/aromatic N) is 2. The molecule has 1 aliphatic rings. The second-order valence-corrected chi connectivity index (χ2v) is 9.82. The molecule has 164 valence electrons. The van der Waals surface area contributed by atoms with Crippen LogP contribution < -0.4 is 10.2 Å². The second-order valence-electron chi connectivity index (χ2n) is 7.83. The molecule has 6 nitrogen and oxygen atoms in total. The lowest BCUT2D eigenvalue weighted by molar-refractivity contribution is -0.113. The second kappa shape index (κ2) is 9.43. The third kappa shape index (κ3) is 5.10.